The van der Waals surface area contributed by atoms with Crippen LogP contribution in [0.2, 0.25) is 0 Å². The number of amides is 1. The summed E-state index contributed by atoms with van der Waals surface area (Å²) in [6.45, 7) is 2.50. The molecule has 0 aliphatic carbocycles. The van der Waals surface area contributed by atoms with Gasteiger partial charge < -0.3 is 15.4 Å². The van der Waals surface area contributed by atoms with E-state index >= 15 is 0 Å². The fourth-order valence-electron chi connectivity index (χ4n) is 1.67. The van der Waals surface area contributed by atoms with Crippen molar-refractivity contribution in [3.8, 4) is 0 Å². The summed E-state index contributed by atoms with van der Waals surface area (Å²) in [6.07, 6.45) is 1.71. The van der Waals surface area contributed by atoms with Crippen molar-refractivity contribution < 1.29 is 9.53 Å². The highest BCUT2D eigenvalue weighted by Crippen LogP contribution is 2.22. The van der Waals surface area contributed by atoms with Gasteiger partial charge in [0.25, 0.3) is 0 Å². The van der Waals surface area contributed by atoms with Crippen molar-refractivity contribution >= 4 is 18.5 Å². The number of hydrogen-bond donors (Lipinski definition) is 2. The minimum atomic E-state index is -0.257. The lowest BCUT2D eigenvalue weighted by Crippen LogP contribution is -2.51. The van der Waals surface area contributed by atoms with Gasteiger partial charge >= 0.3 is 6.09 Å². The predicted octanol–water partition coefficient (Wildman–Crippen LogP) is 0.270. The predicted molar refractivity (Wildman–Crippen MR) is 46.6 cm³/mol. The summed E-state index contributed by atoms with van der Waals surface area (Å²) in [5, 5.41) is 6.11. The van der Waals surface area contributed by atoms with E-state index in [4.69, 9.17) is 4.74 Å². The van der Waals surface area contributed by atoms with Crippen LogP contribution in [0.15, 0.2) is 0 Å². The first-order valence-corrected chi connectivity index (χ1v) is 3.96. The van der Waals surface area contributed by atoms with Crippen LogP contribution < -0.4 is 10.6 Å². The normalized spacial score (nSPS) is 25.8. The smallest absolute Gasteiger partial charge is 0.407 e. The van der Waals surface area contributed by atoms with Crippen LogP contribution in [0.3, 0.4) is 0 Å². The van der Waals surface area contributed by atoms with Crippen molar-refractivity contribution in [1.82, 2.24) is 10.6 Å². The zero-order valence-electron chi connectivity index (χ0n) is 6.76. The van der Waals surface area contributed by atoms with Gasteiger partial charge in [0.15, 0.2) is 0 Å². The molecule has 1 amide bonds. The second kappa shape index (κ2) is 3.49. The molecular weight excluding hydrogens is 180 g/mol. The minimum absolute atomic E-state index is 0. The van der Waals surface area contributed by atoms with Crippen molar-refractivity contribution in [2.75, 3.05) is 19.7 Å². The van der Waals surface area contributed by atoms with Crippen LogP contribution in [-0.4, -0.2) is 31.3 Å². The third-order valence-electron chi connectivity index (χ3n) is 2.41. The van der Waals surface area contributed by atoms with Crippen molar-refractivity contribution in [2.24, 2.45) is 0 Å². The largest absolute Gasteiger partial charge is 0.447 e. The van der Waals surface area contributed by atoms with E-state index in [0.717, 1.165) is 25.9 Å². The van der Waals surface area contributed by atoms with E-state index in [1.54, 1.807) is 0 Å². The maximum atomic E-state index is 10.8. The number of alkyl carbamates (subject to hydrolysis) is 1. The Balaban J connectivity index is 0.000000720. The van der Waals surface area contributed by atoms with Crippen molar-refractivity contribution in [1.29, 1.82) is 0 Å². The number of halogens is 1. The Morgan fingerprint density at radius 2 is 2.00 bits per heavy atom. The Morgan fingerprint density at radius 1 is 1.33 bits per heavy atom. The summed E-state index contributed by atoms with van der Waals surface area (Å²) < 4.78 is 4.87. The summed E-state index contributed by atoms with van der Waals surface area (Å²) >= 11 is 0. The first-order chi connectivity index (χ1) is 5.31. The first kappa shape index (κ1) is 9.61. The van der Waals surface area contributed by atoms with Crippen LogP contribution in [0.1, 0.15) is 12.8 Å². The molecule has 1 spiro atoms. The molecule has 0 aromatic heterocycles. The lowest BCUT2D eigenvalue weighted by atomic mass is 9.90. The lowest BCUT2D eigenvalue weighted by molar-refractivity contribution is 0.167. The Labute approximate surface area is 77.4 Å². The molecule has 0 bridgehead atoms. The van der Waals surface area contributed by atoms with Crippen LogP contribution in [0.25, 0.3) is 0 Å². The molecular formula is C7H13ClN2O2. The van der Waals surface area contributed by atoms with E-state index in [1.807, 2.05) is 0 Å². The Kier molecular flexibility index (Phi) is 2.80. The summed E-state index contributed by atoms with van der Waals surface area (Å²) in [7, 11) is 0. The highest BCUT2D eigenvalue weighted by Gasteiger charge is 2.39. The molecule has 2 aliphatic rings. The molecule has 2 aliphatic heterocycles. The number of piperidine rings is 1. The molecule has 0 aromatic carbocycles. The highest BCUT2D eigenvalue weighted by molar-refractivity contribution is 5.85. The molecule has 0 aromatic rings. The molecule has 0 saturated carbocycles. The highest BCUT2D eigenvalue weighted by atomic mass is 35.5. The number of cyclic esters (lactones) is 1. The summed E-state index contributed by atoms with van der Waals surface area (Å²) in [5.74, 6) is 0. The second-order valence-corrected chi connectivity index (χ2v) is 3.23. The van der Waals surface area contributed by atoms with Crippen molar-refractivity contribution in [2.45, 2.75) is 18.4 Å². The lowest BCUT2D eigenvalue weighted by Gasteiger charge is -2.30. The van der Waals surface area contributed by atoms with Crippen LogP contribution in [0, 0.1) is 0 Å². The summed E-state index contributed by atoms with van der Waals surface area (Å²) in [5.41, 5.74) is -0.0394. The molecule has 0 radical (unpaired) electrons. The Bertz CT molecular complexity index is 180. The third kappa shape index (κ3) is 1.64. The van der Waals surface area contributed by atoms with Gasteiger partial charge in [-0.05, 0) is 25.9 Å². The summed E-state index contributed by atoms with van der Waals surface area (Å²) in [6, 6.07) is 0. The molecule has 2 fully saturated rings. The van der Waals surface area contributed by atoms with Gasteiger partial charge in [0.2, 0.25) is 0 Å². The van der Waals surface area contributed by atoms with E-state index in [0.29, 0.717) is 6.61 Å². The Hall–Kier alpha value is -0.480. The van der Waals surface area contributed by atoms with Crippen LogP contribution in [0.5, 0.6) is 0 Å². The maximum absolute atomic E-state index is 10.8. The van der Waals surface area contributed by atoms with Gasteiger partial charge in [-0.25, -0.2) is 4.79 Å². The quantitative estimate of drug-likeness (QED) is 0.580. The van der Waals surface area contributed by atoms with Crippen molar-refractivity contribution in [3.05, 3.63) is 0 Å². The maximum Gasteiger partial charge on any atom is 0.407 e. The van der Waals surface area contributed by atoms with Crippen LogP contribution in [-0.2, 0) is 4.74 Å². The summed E-state index contributed by atoms with van der Waals surface area (Å²) in [4.78, 5) is 10.8. The number of carbonyl (C=O) groups is 1. The monoisotopic (exact) mass is 192 g/mol. The number of ether oxygens (including phenoxy) is 1. The van der Waals surface area contributed by atoms with Gasteiger partial charge in [-0.1, -0.05) is 0 Å². The molecule has 0 atom stereocenters. The SMILES string of the molecule is Cl.O=C1NC2(CCNCC2)CO1. The molecule has 2 heterocycles. The number of nitrogens with one attached hydrogen (secondary N) is 2. The fraction of sp³-hybridized carbons (Fsp3) is 0.857. The molecule has 70 valence electrons. The second-order valence-electron chi connectivity index (χ2n) is 3.23. The Morgan fingerprint density at radius 3 is 2.50 bits per heavy atom. The van der Waals surface area contributed by atoms with E-state index in [2.05, 4.69) is 10.6 Å². The van der Waals surface area contributed by atoms with Gasteiger partial charge in [0.1, 0.15) is 6.61 Å². The molecule has 2 rings (SSSR count). The van der Waals surface area contributed by atoms with Gasteiger partial charge in [-0.3, -0.25) is 0 Å². The van der Waals surface area contributed by atoms with Crippen LogP contribution >= 0.6 is 12.4 Å². The zero-order chi connectivity index (χ0) is 7.73. The number of carbonyl (C=O) groups excluding carboxylic acids is 1. The first-order valence-electron chi connectivity index (χ1n) is 3.96. The molecule has 12 heavy (non-hydrogen) atoms. The van der Waals surface area contributed by atoms with Gasteiger partial charge in [0.05, 0.1) is 5.54 Å². The topological polar surface area (TPSA) is 50.4 Å². The molecule has 2 N–H and O–H groups in total. The van der Waals surface area contributed by atoms with E-state index < -0.39 is 0 Å². The standard InChI is InChI=1S/C7H12N2O2.ClH/c10-6-9-7(5-11-6)1-3-8-4-2-7;/h8H,1-5H2,(H,9,10);1H. The van der Waals surface area contributed by atoms with Crippen LogP contribution in [0.4, 0.5) is 4.79 Å². The fourth-order valence-corrected chi connectivity index (χ4v) is 1.67. The molecule has 5 heteroatoms. The molecule has 4 nitrogen and oxygen atoms in total. The van der Waals surface area contributed by atoms with E-state index in [-0.39, 0.29) is 24.0 Å². The van der Waals surface area contributed by atoms with E-state index in [9.17, 15) is 4.79 Å². The zero-order valence-corrected chi connectivity index (χ0v) is 7.58. The minimum Gasteiger partial charge on any atom is -0.447 e. The average Bonchev–Trinajstić information content (AvgIpc) is 2.34. The number of hydrogen-bond acceptors (Lipinski definition) is 3. The molecule has 0 unspecified atom stereocenters. The van der Waals surface area contributed by atoms with E-state index in [1.165, 1.54) is 0 Å². The third-order valence-corrected chi connectivity index (χ3v) is 2.41. The molecule has 2 saturated heterocycles. The number of rotatable bonds is 0. The van der Waals surface area contributed by atoms with Gasteiger partial charge in [-0.2, -0.15) is 0 Å². The van der Waals surface area contributed by atoms with Gasteiger partial charge in [0, 0.05) is 0 Å². The van der Waals surface area contributed by atoms with Crippen molar-refractivity contribution in [3.63, 3.8) is 0 Å². The average molecular weight is 193 g/mol. The van der Waals surface area contributed by atoms with Gasteiger partial charge in [-0.15, -0.1) is 12.4 Å².